The lowest BCUT2D eigenvalue weighted by Gasteiger charge is -2.17. The van der Waals surface area contributed by atoms with Crippen LogP contribution in [0.3, 0.4) is 0 Å². The highest BCUT2D eigenvalue weighted by atomic mass is 16.2. The second kappa shape index (κ2) is 8.46. The van der Waals surface area contributed by atoms with E-state index in [1.54, 1.807) is 44.6 Å². The smallest absolute Gasteiger partial charge is 0.262 e. The van der Waals surface area contributed by atoms with E-state index in [1.165, 1.54) is 9.08 Å². The number of aryl methyl sites for hydroxylation is 1. The Balaban J connectivity index is 1.51. The molecule has 10 nitrogen and oxygen atoms in total. The molecule has 0 spiro atoms. The summed E-state index contributed by atoms with van der Waals surface area (Å²) in [6.45, 7) is 1.75. The van der Waals surface area contributed by atoms with Gasteiger partial charge in [-0.05, 0) is 31.2 Å². The Labute approximate surface area is 200 Å². The van der Waals surface area contributed by atoms with Gasteiger partial charge in [0.15, 0.2) is 11.5 Å². The van der Waals surface area contributed by atoms with Gasteiger partial charge in [0, 0.05) is 50.0 Å². The number of amides is 1. The number of rotatable bonds is 3. The minimum Gasteiger partial charge on any atom is -0.381 e. The van der Waals surface area contributed by atoms with Crippen LogP contribution < -0.4 is 16.6 Å². The Morgan fingerprint density at radius 1 is 1.14 bits per heavy atom. The number of nitrogens with two attached hydrogens (primary N) is 1. The van der Waals surface area contributed by atoms with E-state index < -0.39 is 11.9 Å². The van der Waals surface area contributed by atoms with Crippen molar-refractivity contribution in [3.63, 3.8) is 0 Å². The number of nitrogens with zero attached hydrogens (tertiary/aromatic N) is 6. The third kappa shape index (κ3) is 3.89. The quantitative estimate of drug-likeness (QED) is 0.391. The van der Waals surface area contributed by atoms with Gasteiger partial charge < -0.3 is 15.6 Å². The minimum absolute atomic E-state index is 0.0652. The van der Waals surface area contributed by atoms with Gasteiger partial charge in [0.2, 0.25) is 0 Å². The molecule has 4 heterocycles. The molecule has 4 aromatic heterocycles. The standard InChI is InChI=1S/C25H22N8O2/c1-15(28-24(34)20-21(26)30-33-12-5-11-27-23(20)33)22-29-18-7-4-6-17(19(18)25(35)32(22)3)9-8-16-10-13-31(2)14-16/h4-7,10-15H,1-3H3,(H2,26,30)(H,28,34)/t15-/m0/s1. The first-order valence-electron chi connectivity index (χ1n) is 10.9. The summed E-state index contributed by atoms with van der Waals surface area (Å²) >= 11 is 0. The Morgan fingerprint density at radius 3 is 2.74 bits per heavy atom. The molecule has 0 radical (unpaired) electrons. The normalized spacial score (nSPS) is 11.9. The molecule has 0 saturated carbocycles. The number of carbonyl (C=O) groups is 1. The van der Waals surface area contributed by atoms with E-state index in [0.29, 0.717) is 27.9 Å². The van der Waals surface area contributed by atoms with E-state index in [9.17, 15) is 9.59 Å². The van der Waals surface area contributed by atoms with Crippen molar-refractivity contribution >= 4 is 28.3 Å². The SMILES string of the molecule is C[C@H](NC(=O)c1c(N)nn2cccnc12)c1nc2cccc(C#Cc3ccn(C)c3)c2c(=O)n1C. The predicted octanol–water partition coefficient (Wildman–Crippen LogP) is 1.79. The van der Waals surface area contributed by atoms with Gasteiger partial charge in [0.1, 0.15) is 11.4 Å². The van der Waals surface area contributed by atoms with Crippen molar-refractivity contribution in [1.82, 2.24) is 34.0 Å². The van der Waals surface area contributed by atoms with Gasteiger partial charge in [0.25, 0.3) is 11.5 Å². The van der Waals surface area contributed by atoms with Crippen molar-refractivity contribution in [3.8, 4) is 11.8 Å². The molecule has 10 heteroatoms. The summed E-state index contributed by atoms with van der Waals surface area (Å²) in [6.07, 6.45) is 7.03. The fourth-order valence-corrected chi connectivity index (χ4v) is 3.99. The van der Waals surface area contributed by atoms with Crippen LogP contribution in [-0.2, 0) is 14.1 Å². The number of benzene rings is 1. The van der Waals surface area contributed by atoms with Gasteiger partial charge in [-0.15, -0.1) is 5.10 Å². The van der Waals surface area contributed by atoms with E-state index in [-0.39, 0.29) is 16.9 Å². The topological polar surface area (TPSA) is 125 Å². The van der Waals surface area contributed by atoms with Crippen molar-refractivity contribution in [2.24, 2.45) is 14.1 Å². The lowest BCUT2D eigenvalue weighted by Crippen LogP contribution is -2.33. The fraction of sp³-hybridized carbons (Fsp3) is 0.160. The van der Waals surface area contributed by atoms with Crippen molar-refractivity contribution < 1.29 is 4.79 Å². The number of hydrogen-bond acceptors (Lipinski definition) is 6. The molecular formula is C25H22N8O2. The zero-order valence-corrected chi connectivity index (χ0v) is 19.4. The summed E-state index contributed by atoms with van der Waals surface area (Å²) in [4.78, 5) is 35.3. The molecule has 1 atom stereocenters. The van der Waals surface area contributed by atoms with Crippen molar-refractivity contribution in [1.29, 1.82) is 0 Å². The second-order valence-electron chi connectivity index (χ2n) is 8.19. The van der Waals surface area contributed by atoms with Crippen LogP contribution in [0.15, 0.2) is 59.9 Å². The molecule has 0 aliphatic carbocycles. The molecule has 0 saturated heterocycles. The molecule has 1 aromatic carbocycles. The maximum atomic E-state index is 13.3. The van der Waals surface area contributed by atoms with E-state index >= 15 is 0 Å². The zero-order valence-electron chi connectivity index (χ0n) is 19.4. The lowest BCUT2D eigenvalue weighted by atomic mass is 10.1. The molecule has 5 rings (SSSR count). The average molecular weight is 467 g/mol. The highest BCUT2D eigenvalue weighted by molar-refractivity contribution is 6.04. The van der Waals surface area contributed by atoms with Crippen LogP contribution in [0, 0.1) is 11.8 Å². The second-order valence-corrected chi connectivity index (χ2v) is 8.19. The summed E-state index contributed by atoms with van der Waals surface area (Å²) < 4.78 is 4.78. The van der Waals surface area contributed by atoms with E-state index in [0.717, 1.165) is 5.56 Å². The Bertz CT molecular complexity index is 1730. The fourth-order valence-electron chi connectivity index (χ4n) is 3.99. The van der Waals surface area contributed by atoms with E-state index in [1.807, 2.05) is 36.1 Å². The van der Waals surface area contributed by atoms with Crippen LogP contribution in [0.1, 0.15) is 40.3 Å². The summed E-state index contributed by atoms with van der Waals surface area (Å²) in [5.74, 6) is 6.18. The Hall–Kier alpha value is -4.91. The van der Waals surface area contributed by atoms with Gasteiger partial charge >= 0.3 is 0 Å². The van der Waals surface area contributed by atoms with Crippen molar-refractivity contribution in [3.05, 3.63) is 88.0 Å². The van der Waals surface area contributed by atoms with Gasteiger partial charge in [0.05, 0.1) is 16.9 Å². The monoisotopic (exact) mass is 466 g/mol. The number of fused-ring (bicyclic) bond motifs is 2. The summed E-state index contributed by atoms with van der Waals surface area (Å²) in [7, 11) is 3.55. The number of aromatic nitrogens is 6. The molecule has 5 aromatic rings. The van der Waals surface area contributed by atoms with Crippen LogP contribution in [0.4, 0.5) is 5.82 Å². The van der Waals surface area contributed by atoms with Crippen LogP contribution in [-0.4, -0.2) is 34.6 Å². The van der Waals surface area contributed by atoms with Crippen LogP contribution in [0.5, 0.6) is 0 Å². The minimum atomic E-state index is -0.596. The molecule has 0 unspecified atom stereocenters. The Kier molecular flexibility index (Phi) is 5.30. The number of anilines is 1. The van der Waals surface area contributed by atoms with Gasteiger partial charge in [-0.25, -0.2) is 14.5 Å². The van der Waals surface area contributed by atoms with Gasteiger partial charge in [-0.2, -0.15) is 0 Å². The number of nitrogen functional groups attached to an aromatic ring is 1. The molecule has 35 heavy (non-hydrogen) atoms. The van der Waals surface area contributed by atoms with Crippen LogP contribution in [0.25, 0.3) is 16.6 Å². The number of nitrogens with one attached hydrogen (secondary N) is 1. The molecule has 174 valence electrons. The first-order chi connectivity index (χ1) is 16.8. The maximum absolute atomic E-state index is 13.3. The lowest BCUT2D eigenvalue weighted by molar-refractivity contribution is 0.0940. The first kappa shape index (κ1) is 21.9. The van der Waals surface area contributed by atoms with Crippen LogP contribution in [0.2, 0.25) is 0 Å². The molecule has 0 bridgehead atoms. The van der Waals surface area contributed by atoms with Crippen molar-refractivity contribution in [2.75, 3.05) is 5.73 Å². The average Bonchev–Trinajstić information content (AvgIpc) is 3.41. The van der Waals surface area contributed by atoms with E-state index in [2.05, 4.69) is 32.2 Å². The largest absolute Gasteiger partial charge is 0.381 e. The first-order valence-corrected chi connectivity index (χ1v) is 10.9. The third-order valence-corrected chi connectivity index (χ3v) is 5.70. The molecule has 3 N–H and O–H groups in total. The maximum Gasteiger partial charge on any atom is 0.262 e. The highest BCUT2D eigenvalue weighted by Crippen LogP contribution is 2.19. The molecule has 1 amide bonds. The van der Waals surface area contributed by atoms with Gasteiger partial charge in [-0.3, -0.25) is 14.2 Å². The van der Waals surface area contributed by atoms with Crippen molar-refractivity contribution in [2.45, 2.75) is 13.0 Å². The molecule has 0 aliphatic rings. The molecular weight excluding hydrogens is 444 g/mol. The highest BCUT2D eigenvalue weighted by Gasteiger charge is 2.23. The summed E-state index contributed by atoms with van der Waals surface area (Å²) in [5.41, 5.74) is 8.17. The third-order valence-electron chi connectivity index (χ3n) is 5.70. The Morgan fingerprint density at radius 2 is 1.97 bits per heavy atom. The molecule has 0 fully saturated rings. The van der Waals surface area contributed by atoms with Crippen LogP contribution >= 0.6 is 0 Å². The molecule has 0 aliphatic heterocycles. The summed E-state index contributed by atoms with van der Waals surface area (Å²) in [5, 5.41) is 7.41. The predicted molar refractivity (Wildman–Crippen MR) is 132 cm³/mol. The zero-order chi connectivity index (χ0) is 24.7. The van der Waals surface area contributed by atoms with Gasteiger partial charge in [-0.1, -0.05) is 17.9 Å². The van der Waals surface area contributed by atoms with E-state index in [4.69, 9.17) is 5.73 Å². The summed E-state index contributed by atoms with van der Waals surface area (Å²) in [6, 6.07) is 8.37. The number of carbonyl (C=O) groups excluding carboxylic acids is 1. The number of hydrogen-bond donors (Lipinski definition) is 2.